The van der Waals surface area contributed by atoms with Crippen LogP contribution in [-0.2, 0) is 4.74 Å². The van der Waals surface area contributed by atoms with Crippen molar-refractivity contribution in [3.63, 3.8) is 0 Å². The molecule has 1 aromatic heterocycles. The molecule has 3 aromatic rings. The van der Waals surface area contributed by atoms with Crippen molar-refractivity contribution in [2.24, 2.45) is 0 Å². The summed E-state index contributed by atoms with van der Waals surface area (Å²) in [7, 11) is 0. The van der Waals surface area contributed by atoms with Crippen LogP contribution in [0.3, 0.4) is 0 Å². The smallest absolute Gasteiger partial charge is 0.256 e. The topological polar surface area (TPSA) is 90.9 Å². The first-order valence-corrected chi connectivity index (χ1v) is 13.8. The van der Waals surface area contributed by atoms with Gasteiger partial charge in [-0.2, -0.15) is 5.10 Å². The molecule has 1 atom stereocenters. The number of carbonyl (C=O) groups is 1. The van der Waals surface area contributed by atoms with Gasteiger partial charge in [0.2, 0.25) is 0 Å². The maximum Gasteiger partial charge on any atom is 0.256 e. The van der Waals surface area contributed by atoms with Crippen LogP contribution in [0.5, 0.6) is 5.75 Å². The maximum absolute atomic E-state index is 13.8. The van der Waals surface area contributed by atoms with E-state index in [2.05, 4.69) is 22.0 Å². The van der Waals surface area contributed by atoms with E-state index < -0.39 is 6.23 Å². The number of hydrogen-bond acceptors (Lipinski definition) is 6. The average Bonchev–Trinajstić information content (AvgIpc) is 3.51. The molecule has 1 aliphatic heterocycles. The number of morpholine rings is 1. The van der Waals surface area contributed by atoms with Crippen LogP contribution >= 0.6 is 0 Å². The molecule has 0 bridgehead atoms. The molecule has 1 aliphatic rings. The van der Waals surface area contributed by atoms with Crippen LogP contribution in [0.2, 0.25) is 0 Å². The van der Waals surface area contributed by atoms with Gasteiger partial charge in [0.1, 0.15) is 5.75 Å². The fraction of sp³-hybridized carbons (Fsp3) is 0.467. The lowest BCUT2D eigenvalue weighted by Crippen LogP contribution is -2.40. The monoisotopic (exact) mass is 520 g/mol. The third-order valence-electron chi connectivity index (χ3n) is 6.95. The lowest BCUT2D eigenvalue weighted by atomic mass is 10.1. The Kier molecular flexibility index (Phi) is 10.7. The lowest BCUT2D eigenvalue weighted by molar-refractivity contribution is 0.000247. The molecule has 2 N–H and O–H groups in total. The van der Waals surface area contributed by atoms with E-state index in [0.29, 0.717) is 30.0 Å². The molecule has 1 amide bonds. The zero-order valence-corrected chi connectivity index (χ0v) is 22.3. The third-order valence-corrected chi connectivity index (χ3v) is 6.95. The summed E-state index contributed by atoms with van der Waals surface area (Å²) >= 11 is 0. The van der Waals surface area contributed by atoms with Gasteiger partial charge in [-0.25, -0.2) is 0 Å². The van der Waals surface area contributed by atoms with Crippen molar-refractivity contribution in [2.75, 3.05) is 46.0 Å². The molecular weight excluding hydrogens is 480 g/mol. The minimum absolute atomic E-state index is 0.212. The molecule has 1 saturated heterocycles. The normalized spacial score (nSPS) is 14.8. The number of unbranched alkanes of at least 4 members (excludes halogenated alkanes) is 3. The van der Waals surface area contributed by atoms with Crippen LogP contribution in [-0.4, -0.2) is 77.0 Å². The van der Waals surface area contributed by atoms with Crippen molar-refractivity contribution >= 4 is 5.91 Å². The number of benzene rings is 2. The Morgan fingerprint density at radius 2 is 1.87 bits per heavy atom. The highest BCUT2D eigenvalue weighted by atomic mass is 16.5. The highest BCUT2D eigenvalue weighted by Gasteiger charge is 2.27. The summed E-state index contributed by atoms with van der Waals surface area (Å²) in [4.78, 5) is 17.7. The van der Waals surface area contributed by atoms with Crippen molar-refractivity contribution in [3.8, 4) is 16.9 Å². The van der Waals surface area contributed by atoms with Crippen molar-refractivity contribution in [3.05, 3.63) is 72.1 Å². The van der Waals surface area contributed by atoms with Crippen molar-refractivity contribution in [2.45, 2.75) is 45.3 Å². The highest BCUT2D eigenvalue weighted by Crippen LogP contribution is 2.30. The summed E-state index contributed by atoms with van der Waals surface area (Å²) in [6, 6.07) is 14.9. The summed E-state index contributed by atoms with van der Waals surface area (Å²) in [5, 5.41) is 18.4. The predicted octanol–water partition coefficient (Wildman–Crippen LogP) is 4.89. The summed E-state index contributed by atoms with van der Waals surface area (Å²) in [6.07, 6.45) is 7.61. The van der Waals surface area contributed by atoms with Crippen molar-refractivity contribution in [1.29, 1.82) is 0 Å². The number of nitrogens with one attached hydrogen (secondary N) is 1. The van der Waals surface area contributed by atoms with E-state index in [-0.39, 0.29) is 5.91 Å². The molecule has 0 aliphatic carbocycles. The van der Waals surface area contributed by atoms with Gasteiger partial charge in [-0.1, -0.05) is 56.5 Å². The average molecular weight is 521 g/mol. The molecule has 2 aromatic carbocycles. The molecule has 38 heavy (non-hydrogen) atoms. The number of para-hydroxylation sites is 1. The number of rotatable bonds is 14. The second kappa shape index (κ2) is 14.7. The molecular formula is C30H40N4O4. The van der Waals surface area contributed by atoms with Gasteiger partial charge >= 0.3 is 0 Å². The highest BCUT2D eigenvalue weighted by molar-refractivity contribution is 5.95. The summed E-state index contributed by atoms with van der Waals surface area (Å²) < 4.78 is 11.5. The van der Waals surface area contributed by atoms with Gasteiger partial charge in [0.05, 0.1) is 26.0 Å². The lowest BCUT2D eigenvalue weighted by Gasteiger charge is -2.31. The van der Waals surface area contributed by atoms with Crippen LogP contribution < -0.4 is 4.74 Å². The first-order chi connectivity index (χ1) is 18.7. The maximum atomic E-state index is 13.8. The fourth-order valence-electron chi connectivity index (χ4n) is 4.71. The molecule has 1 fully saturated rings. The van der Waals surface area contributed by atoms with Crippen molar-refractivity contribution in [1.82, 2.24) is 20.0 Å². The van der Waals surface area contributed by atoms with Gasteiger partial charge in [0.15, 0.2) is 6.23 Å². The van der Waals surface area contributed by atoms with E-state index in [1.165, 1.54) is 12.8 Å². The third kappa shape index (κ3) is 7.66. The number of hydrogen-bond donors (Lipinski definition) is 2. The van der Waals surface area contributed by atoms with E-state index in [1.807, 2.05) is 54.7 Å². The molecule has 2 heterocycles. The Balaban J connectivity index is 1.50. The zero-order chi connectivity index (χ0) is 26.6. The SMILES string of the molecule is CCCCCCOc1ccccc1C(O)N(CCCN1CCOCC1)C(=O)c1ccc(-c2cn[nH]c2)cc1. The number of carbonyl (C=O) groups excluding carboxylic acids is 1. The van der Waals surface area contributed by atoms with Gasteiger partial charge in [-0.15, -0.1) is 0 Å². The Labute approximate surface area is 225 Å². The van der Waals surface area contributed by atoms with Gasteiger partial charge in [-0.3, -0.25) is 14.8 Å². The number of aromatic nitrogens is 2. The van der Waals surface area contributed by atoms with E-state index in [9.17, 15) is 9.90 Å². The van der Waals surface area contributed by atoms with Crippen LogP contribution in [0.25, 0.3) is 11.1 Å². The Morgan fingerprint density at radius 3 is 2.61 bits per heavy atom. The van der Waals surface area contributed by atoms with Crippen LogP contribution in [0.1, 0.15) is 61.2 Å². The largest absolute Gasteiger partial charge is 0.493 e. The van der Waals surface area contributed by atoms with E-state index in [0.717, 1.165) is 63.2 Å². The Bertz CT molecular complexity index is 1100. The Hall–Kier alpha value is -3.20. The summed E-state index contributed by atoms with van der Waals surface area (Å²) in [5.41, 5.74) is 3.06. The number of aromatic amines is 1. The van der Waals surface area contributed by atoms with E-state index in [1.54, 1.807) is 11.1 Å². The standard InChI is InChI=1S/C30H40N4O4/c1-2-3-4-7-19-38-28-10-6-5-9-27(28)30(36)34(16-8-15-33-17-20-37-21-18-33)29(35)25-13-11-24(12-14-25)26-22-31-32-23-26/h5-6,9-14,22-23,30,36H,2-4,7-8,15-21H2,1H3,(H,31,32). The molecule has 204 valence electrons. The number of aliphatic hydroxyl groups excluding tert-OH is 1. The Morgan fingerprint density at radius 1 is 1.08 bits per heavy atom. The second-order valence-corrected chi connectivity index (χ2v) is 9.69. The molecule has 8 heteroatoms. The zero-order valence-electron chi connectivity index (χ0n) is 22.3. The predicted molar refractivity (Wildman–Crippen MR) is 148 cm³/mol. The molecule has 4 rings (SSSR count). The molecule has 0 saturated carbocycles. The fourth-order valence-corrected chi connectivity index (χ4v) is 4.71. The number of nitrogens with zero attached hydrogens (tertiary/aromatic N) is 3. The van der Waals surface area contributed by atoms with Crippen LogP contribution in [0.15, 0.2) is 60.9 Å². The number of aliphatic hydroxyl groups is 1. The number of amides is 1. The van der Waals surface area contributed by atoms with Crippen molar-refractivity contribution < 1.29 is 19.4 Å². The number of H-pyrrole nitrogens is 1. The van der Waals surface area contributed by atoms with Gasteiger partial charge in [0.25, 0.3) is 5.91 Å². The molecule has 8 nitrogen and oxygen atoms in total. The summed E-state index contributed by atoms with van der Waals surface area (Å²) in [6.45, 7) is 7.28. The molecule has 0 spiro atoms. The van der Waals surface area contributed by atoms with E-state index in [4.69, 9.17) is 9.47 Å². The minimum atomic E-state index is -1.12. The summed E-state index contributed by atoms with van der Waals surface area (Å²) in [5.74, 6) is 0.411. The second-order valence-electron chi connectivity index (χ2n) is 9.69. The van der Waals surface area contributed by atoms with Crippen LogP contribution in [0, 0.1) is 0 Å². The van der Waals surface area contributed by atoms with Gasteiger partial charge < -0.3 is 19.5 Å². The van der Waals surface area contributed by atoms with E-state index >= 15 is 0 Å². The molecule has 0 radical (unpaired) electrons. The quantitative estimate of drug-likeness (QED) is 0.232. The molecule has 1 unspecified atom stereocenters. The van der Waals surface area contributed by atoms with Gasteiger partial charge in [-0.05, 0) is 36.6 Å². The van der Waals surface area contributed by atoms with Gasteiger partial charge in [0, 0.05) is 49.1 Å². The first kappa shape index (κ1) is 27.8. The number of ether oxygens (including phenoxy) is 2. The first-order valence-electron chi connectivity index (χ1n) is 13.8. The van der Waals surface area contributed by atoms with Crippen LogP contribution in [0.4, 0.5) is 0 Å². The minimum Gasteiger partial charge on any atom is -0.493 e.